The smallest absolute Gasteiger partial charge is 0.343 e. The summed E-state index contributed by atoms with van der Waals surface area (Å²) in [5.74, 6) is -0.275. The maximum atomic E-state index is 12.1. The van der Waals surface area contributed by atoms with E-state index in [2.05, 4.69) is 26.5 Å². The van der Waals surface area contributed by atoms with Crippen molar-refractivity contribution in [3.63, 3.8) is 0 Å². The molecular formula is C22H17BrN2O3. The second kappa shape index (κ2) is 9.10. The van der Waals surface area contributed by atoms with Crippen LogP contribution in [0.2, 0.25) is 0 Å². The summed E-state index contributed by atoms with van der Waals surface area (Å²) in [6.45, 7) is 1.87. The molecule has 0 aliphatic carbocycles. The van der Waals surface area contributed by atoms with Gasteiger partial charge in [-0.25, -0.2) is 10.2 Å². The van der Waals surface area contributed by atoms with Gasteiger partial charge in [-0.3, -0.25) is 4.79 Å². The standard InChI is InChI=1S/C22H17BrN2O3/c1-15-4-2-3-5-20(15)21(26)25-24-14-16-6-12-19(13-7-16)28-22(27)17-8-10-18(23)11-9-17/h2-14H,1H3,(H,25,26)/b24-14-. The highest BCUT2D eigenvalue weighted by Crippen LogP contribution is 2.15. The number of carbonyl (C=O) groups is 2. The van der Waals surface area contributed by atoms with Gasteiger partial charge in [0.15, 0.2) is 0 Å². The minimum Gasteiger partial charge on any atom is -0.423 e. The van der Waals surface area contributed by atoms with Gasteiger partial charge in [-0.1, -0.05) is 34.1 Å². The molecule has 6 heteroatoms. The van der Waals surface area contributed by atoms with E-state index in [1.807, 2.05) is 19.1 Å². The number of esters is 1. The number of hydrogen-bond acceptors (Lipinski definition) is 4. The summed E-state index contributed by atoms with van der Waals surface area (Å²) in [4.78, 5) is 24.2. The molecule has 3 aromatic carbocycles. The van der Waals surface area contributed by atoms with Crippen LogP contribution >= 0.6 is 15.9 Å². The molecule has 140 valence electrons. The van der Waals surface area contributed by atoms with Crippen LogP contribution in [0.4, 0.5) is 0 Å². The molecule has 28 heavy (non-hydrogen) atoms. The van der Waals surface area contributed by atoms with E-state index < -0.39 is 5.97 Å². The van der Waals surface area contributed by atoms with Crippen LogP contribution in [0.1, 0.15) is 31.8 Å². The molecule has 0 saturated heterocycles. The van der Waals surface area contributed by atoms with E-state index in [9.17, 15) is 9.59 Å². The molecular weight excluding hydrogens is 420 g/mol. The predicted octanol–water partition coefficient (Wildman–Crippen LogP) is 4.74. The van der Waals surface area contributed by atoms with E-state index in [0.29, 0.717) is 16.9 Å². The zero-order chi connectivity index (χ0) is 19.9. The first-order valence-electron chi connectivity index (χ1n) is 8.50. The Hall–Kier alpha value is -3.25. The Balaban J connectivity index is 1.57. The molecule has 3 aromatic rings. The molecule has 1 N–H and O–H groups in total. The third kappa shape index (κ3) is 5.14. The maximum absolute atomic E-state index is 12.1. The van der Waals surface area contributed by atoms with Crippen LogP contribution in [0.25, 0.3) is 0 Å². The van der Waals surface area contributed by atoms with Crippen LogP contribution in [0, 0.1) is 6.92 Å². The number of hydrazone groups is 1. The first-order valence-corrected chi connectivity index (χ1v) is 9.29. The Kier molecular flexibility index (Phi) is 6.34. The fourth-order valence-electron chi connectivity index (χ4n) is 2.43. The van der Waals surface area contributed by atoms with Crippen LogP contribution in [-0.4, -0.2) is 18.1 Å². The molecule has 0 aromatic heterocycles. The van der Waals surface area contributed by atoms with Crippen LogP contribution in [0.3, 0.4) is 0 Å². The van der Waals surface area contributed by atoms with Gasteiger partial charge >= 0.3 is 5.97 Å². The molecule has 0 spiro atoms. The molecule has 3 rings (SSSR count). The van der Waals surface area contributed by atoms with E-state index >= 15 is 0 Å². The summed E-state index contributed by atoms with van der Waals surface area (Å²) in [5.41, 5.74) is 5.19. The number of hydrogen-bond donors (Lipinski definition) is 1. The third-order valence-electron chi connectivity index (χ3n) is 3.94. The molecule has 0 bridgehead atoms. The van der Waals surface area contributed by atoms with E-state index in [4.69, 9.17) is 4.74 Å². The summed E-state index contributed by atoms with van der Waals surface area (Å²) in [6.07, 6.45) is 1.52. The molecule has 0 aliphatic rings. The predicted molar refractivity (Wildman–Crippen MR) is 112 cm³/mol. The van der Waals surface area contributed by atoms with Crippen molar-refractivity contribution in [2.45, 2.75) is 6.92 Å². The summed E-state index contributed by atoms with van der Waals surface area (Å²) in [5, 5.41) is 3.97. The maximum Gasteiger partial charge on any atom is 0.343 e. The van der Waals surface area contributed by atoms with Crippen molar-refractivity contribution >= 4 is 34.0 Å². The third-order valence-corrected chi connectivity index (χ3v) is 4.47. The lowest BCUT2D eigenvalue weighted by atomic mass is 10.1. The number of nitrogens with zero attached hydrogens (tertiary/aromatic N) is 1. The number of aryl methyl sites for hydroxylation is 1. The van der Waals surface area contributed by atoms with Crippen molar-refractivity contribution in [2.75, 3.05) is 0 Å². The summed E-state index contributed by atoms with van der Waals surface area (Å²) >= 11 is 3.32. The Morgan fingerprint density at radius 2 is 1.64 bits per heavy atom. The Labute approximate surface area is 171 Å². The Bertz CT molecular complexity index is 1010. The number of ether oxygens (including phenoxy) is 1. The second-order valence-electron chi connectivity index (χ2n) is 5.98. The first kappa shape index (κ1) is 19.5. The van der Waals surface area contributed by atoms with Gasteiger partial charge in [0.25, 0.3) is 5.91 Å². The van der Waals surface area contributed by atoms with Crippen LogP contribution in [0.15, 0.2) is 82.4 Å². The molecule has 0 radical (unpaired) electrons. The fraction of sp³-hybridized carbons (Fsp3) is 0.0455. The van der Waals surface area contributed by atoms with Gasteiger partial charge in [0, 0.05) is 10.0 Å². The Morgan fingerprint density at radius 3 is 2.32 bits per heavy atom. The number of amides is 1. The van der Waals surface area contributed by atoms with Crippen molar-refractivity contribution in [3.8, 4) is 5.75 Å². The Morgan fingerprint density at radius 1 is 0.964 bits per heavy atom. The molecule has 0 fully saturated rings. The van der Waals surface area contributed by atoms with Crippen molar-refractivity contribution in [2.24, 2.45) is 5.10 Å². The lowest BCUT2D eigenvalue weighted by molar-refractivity contribution is 0.0734. The number of carbonyl (C=O) groups excluding carboxylic acids is 2. The molecule has 0 aliphatic heterocycles. The minimum absolute atomic E-state index is 0.269. The summed E-state index contributed by atoms with van der Waals surface area (Å²) in [6, 6.07) is 21.0. The largest absolute Gasteiger partial charge is 0.423 e. The quantitative estimate of drug-likeness (QED) is 0.271. The van der Waals surface area contributed by atoms with Gasteiger partial charge in [0.1, 0.15) is 5.75 Å². The van der Waals surface area contributed by atoms with E-state index in [1.54, 1.807) is 60.7 Å². The van der Waals surface area contributed by atoms with Crippen molar-refractivity contribution < 1.29 is 14.3 Å². The fourth-order valence-corrected chi connectivity index (χ4v) is 2.69. The highest BCUT2D eigenvalue weighted by Gasteiger charge is 2.08. The average Bonchev–Trinajstić information content (AvgIpc) is 2.70. The van der Waals surface area contributed by atoms with Gasteiger partial charge in [-0.2, -0.15) is 5.10 Å². The number of benzene rings is 3. The summed E-state index contributed by atoms with van der Waals surface area (Å²) in [7, 11) is 0. The lowest BCUT2D eigenvalue weighted by Crippen LogP contribution is -2.18. The summed E-state index contributed by atoms with van der Waals surface area (Å²) < 4.78 is 6.23. The molecule has 0 atom stereocenters. The van der Waals surface area contributed by atoms with Gasteiger partial charge in [-0.05, 0) is 72.6 Å². The minimum atomic E-state index is -0.431. The average molecular weight is 437 g/mol. The highest BCUT2D eigenvalue weighted by molar-refractivity contribution is 9.10. The van der Waals surface area contributed by atoms with Gasteiger partial charge in [-0.15, -0.1) is 0 Å². The normalized spacial score (nSPS) is 10.6. The van der Waals surface area contributed by atoms with Crippen molar-refractivity contribution in [3.05, 3.63) is 99.5 Å². The van der Waals surface area contributed by atoms with Gasteiger partial charge in [0.2, 0.25) is 0 Å². The second-order valence-corrected chi connectivity index (χ2v) is 6.90. The number of rotatable bonds is 5. The van der Waals surface area contributed by atoms with Crippen LogP contribution in [0.5, 0.6) is 5.75 Å². The van der Waals surface area contributed by atoms with Crippen molar-refractivity contribution in [1.29, 1.82) is 0 Å². The van der Waals surface area contributed by atoms with Crippen molar-refractivity contribution in [1.82, 2.24) is 5.43 Å². The van der Waals surface area contributed by atoms with E-state index in [0.717, 1.165) is 15.6 Å². The number of nitrogens with one attached hydrogen (secondary N) is 1. The zero-order valence-electron chi connectivity index (χ0n) is 15.1. The monoisotopic (exact) mass is 436 g/mol. The first-order chi connectivity index (χ1) is 13.5. The molecule has 0 heterocycles. The molecule has 0 unspecified atom stereocenters. The van der Waals surface area contributed by atoms with Crippen LogP contribution < -0.4 is 10.2 Å². The lowest BCUT2D eigenvalue weighted by Gasteiger charge is -2.05. The van der Waals surface area contributed by atoms with E-state index in [-0.39, 0.29) is 5.91 Å². The molecule has 0 saturated carbocycles. The van der Waals surface area contributed by atoms with Gasteiger partial charge in [0.05, 0.1) is 11.8 Å². The van der Waals surface area contributed by atoms with Crippen LogP contribution in [-0.2, 0) is 0 Å². The zero-order valence-corrected chi connectivity index (χ0v) is 16.6. The molecule has 1 amide bonds. The van der Waals surface area contributed by atoms with Gasteiger partial charge < -0.3 is 4.74 Å². The topological polar surface area (TPSA) is 67.8 Å². The highest BCUT2D eigenvalue weighted by atomic mass is 79.9. The number of halogens is 1. The SMILES string of the molecule is Cc1ccccc1C(=O)N/N=C\c1ccc(OC(=O)c2ccc(Br)cc2)cc1. The van der Waals surface area contributed by atoms with E-state index in [1.165, 1.54) is 6.21 Å². The molecule has 5 nitrogen and oxygen atoms in total.